The highest BCUT2D eigenvalue weighted by Crippen LogP contribution is 2.30. The maximum Gasteiger partial charge on any atom is 0.344 e. The average molecular weight is 248 g/mol. The van der Waals surface area contributed by atoms with Crippen molar-refractivity contribution >= 4 is 16.7 Å². The van der Waals surface area contributed by atoms with E-state index in [1.165, 1.54) is 14.2 Å². The second-order valence-electron chi connectivity index (χ2n) is 3.98. The highest BCUT2D eigenvalue weighted by Gasteiger charge is 2.21. The fourth-order valence-electron chi connectivity index (χ4n) is 1.90. The number of aryl methyl sites for hydroxylation is 1. The van der Waals surface area contributed by atoms with Crippen LogP contribution in [0.1, 0.15) is 15.9 Å². The van der Waals surface area contributed by atoms with E-state index in [9.17, 15) is 9.18 Å². The van der Waals surface area contributed by atoms with Crippen LogP contribution in [0.25, 0.3) is 10.8 Å². The van der Waals surface area contributed by atoms with Crippen LogP contribution < -0.4 is 4.74 Å². The molecule has 18 heavy (non-hydrogen) atoms. The average Bonchev–Trinajstić information content (AvgIpc) is 2.38. The Morgan fingerprint density at radius 3 is 2.56 bits per heavy atom. The molecule has 0 aliphatic carbocycles. The molecule has 2 aromatic rings. The van der Waals surface area contributed by atoms with Crippen LogP contribution in [0.4, 0.5) is 4.39 Å². The maximum absolute atomic E-state index is 14.4. The van der Waals surface area contributed by atoms with Crippen LogP contribution in [0.2, 0.25) is 0 Å². The summed E-state index contributed by atoms with van der Waals surface area (Å²) in [5.74, 6) is -1.18. The van der Waals surface area contributed by atoms with Gasteiger partial charge in [0.1, 0.15) is 17.1 Å². The Labute approximate surface area is 104 Å². The Morgan fingerprint density at radius 2 is 1.94 bits per heavy atom. The Kier molecular flexibility index (Phi) is 3.19. The predicted octanol–water partition coefficient (Wildman–Crippen LogP) is 3.08. The summed E-state index contributed by atoms with van der Waals surface area (Å²) in [6.45, 7) is 1.86. The van der Waals surface area contributed by atoms with Gasteiger partial charge in [-0.3, -0.25) is 0 Å². The van der Waals surface area contributed by atoms with Crippen molar-refractivity contribution in [3.63, 3.8) is 0 Å². The lowest BCUT2D eigenvalue weighted by molar-refractivity contribution is 0.0592. The van der Waals surface area contributed by atoms with Gasteiger partial charge in [0.05, 0.1) is 14.2 Å². The summed E-state index contributed by atoms with van der Waals surface area (Å²) in [4.78, 5) is 11.6. The number of halogens is 1. The zero-order valence-corrected chi connectivity index (χ0v) is 10.4. The predicted molar refractivity (Wildman–Crippen MR) is 66.5 cm³/mol. The molecule has 2 aromatic carbocycles. The highest BCUT2D eigenvalue weighted by atomic mass is 19.1. The van der Waals surface area contributed by atoms with Crippen molar-refractivity contribution in [2.24, 2.45) is 0 Å². The van der Waals surface area contributed by atoms with Crippen molar-refractivity contribution in [2.45, 2.75) is 6.92 Å². The van der Waals surface area contributed by atoms with E-state index in [-0.39, 0.29) is 11.3 Å². The molecular formula is C14H13FO3. The van der Waals surface area contributed by atoms with Crippen molar-refractivity contribution in [3.8, 4) is 5.75 Å². The molecule has 0 radical (unpaired) electrons. The second kappa shape index (κ2) is 4.64. The van der Waals surface area contributed by atoms with E-state index in [0.29, 0.717) is 10.8 Å². The SMILES string of the molecule is COC(=O)c1c(OC)cc2ccc(C)cc2c1F. The Morgan fingerprint density at radius 1 is 1.22 bits per heavy atom. The summed E-state index contributed by atoms with van der Waals surface area (Å²) in [7, 11) is 2.60. The van der Waals surface area contributed by atoms with Crippen LogP contribution in [0.3, 0.4) is 0 Å². The summed E-state index contributed by atoms with van der Waals surface area (Å²) in [6, 6.07) is 6.98. The van der Waals surface area contributed by atoms with E-state index in [2.05, 4.69) is 4.74 Å². The fraction of sp³-hybridized carbons (Fsp3) is 0.214. The molecule has 0 fully saturated rings. The maximum atomic E-state index is 14.4. The highest BCUT2D eigenvalue weighted by molar-refractivity contribution is 5.99. The first-order valence-electron chi connectivity index (χ1n) is 5.43. The molecule has 0 amide bonds. The van der Waals surface area contributed by atoms with Crippen molar-refractivity contribution in [1.29, 1.82) is 0 Å². The van der Waals surface area contributed by atoms with E-state index < -0.39 is 11.8 Å². The molecule has 2 rings (SSSR count). The number of esters is 1. The van der Waals surface area contributed by atoms with Crippen LogP contribution >= 0.6 is 0 Å². The van der Waals surface area contributed by atoms with Crippen LogP contribution in [0, 0.1) is 12.7 Å². The number of rotatable bonds is 2. The number of benzene rings is 2. The first-order chi connectivity index (χ1) is 8.58. The van der Waals surface area contributed by atoms with Gasteiger partial charge in [0, 0.05) is 5.39 Å². The molecule has 3 nitrogen and oxygen atoms in total. The first-order valence-corrected chi connectivity index (χ1v) is 5.43. The molecule has 94 valence electrons. The molecule has 4 heteroatoms. The zero-order valence-electron chi connectivity index (χ0n) is 10.4. The topological polar surface area (TPSA) is 35.5 Å². The zero-order chi connectivity index (χ0) is 13.3. The second-order valence-corrected chi connectivity index (χ2v) is 3.98. The summed E-state index contributed by atoms with van der Waals surface area (Å²) in [5, 5.41) is 1.07. The third-order valence-corrected chi connectivity index (χ3v) is 2.81. The Balaban J connectivity index is 2.83. The third kappa shape index (κ3) is 1.90. The summed E-state index contributed by atoms with van der Waals surface area (Å²) in [5.41, 5.74) is 0.750. The number of ether oxygens (including phenoxy) is 2. The molecule has 0 saturated carbocycles. The minimum atomic E-state index is -0.743. The summed E-state index contributed by atoms with van der Waals surface area (Å²) >= 11 is 0. The molecule has 0 heterocycles. The summed E-state index contributed by atoms with van der Waals surface area (Å²) < 4.78 is 24.0. The van der Waals surface area contributed by atoms with Gasteiger partial charge in [-0.05, 0) is 24.4 Å². The Hall–Kier alpha value is -2.10. The van der Waals surface area contributed by atoms with Crippen LogP contribution in [-0.2, 0) is 4.74 Å². The summed E-state index contributed by atoms with van der Waals surface area (Å²) in [6.07, 6.45) is 0. The third-order valence-electron chi connectivity index (χ3n) is 2.81. The van der Waals surface area contributed by atoms with Crippen molar-refractivity contribution in [2.75, 3.05) is 14.2 Å². The molecule has 0 bridgehead atoms. The number of methoxy groups -OCH3 is 2. The van der Waals surface area contributed by atoms with Gasteiger partial charge in [-0.2, -0.15) is 0 Å². The van der Waals surface area contributed by atoms with E-state index in [0.717, 1.165) is 5.56 Å². The van der Waals surface area contributed by atoms with E-state index in [1.807, 2.05) is 13.0 Å². The molecule has 0 aliphatic heterocycles. The quantitative estimate of drug-likeness (QED) is 0.766. The minimum absolute atomic E-state index is 0.168. The van der Waals surface area contributed by atoms with Gasteiger partial charge in [-0.25, -0.2) is 9.18 Å². The lowest BCUT2D eigenvalue weighted by atomic mass is 10.0. The van der Waals surface area contributed by atoms with Gasteiger partial charge < -0.3 is 9.47 Å². The van der Waals surface area contributed by atoms with Crippen LogP contribution in [0.15, 0.2) is 24.3 Å². The monoisotopic (exact) mass is 248 g/mol. The molecule has 0 aliphatic rings. The standard InChI is InChI=1S/C14H13FO3/c1-8-4-5-9-7-11(17-2)12(14(16)18-3)13(15)10(9)6-8/h4-7H,1-3H3. The Bertz CT molecular complexity index is 620. The smallest absolute Gasteiger partial charge is 0.344 e. The normalized spacial score (nSPS) is 10.4. The lowest BCUT2D eigenvalue weighted by Crippen LogP contribution is -2.07. The van der Waals surface area contributed by atoms with Gasteiger partial charge >= 0.3 is 5.97 Å². The van der Waals surface area contributed by atoms with Gasteiger partial charge in [0.15, 0.2) is 0 Å². The largest absolute Gasteiger partial charge is 0.496 e. The van der Waals surface area contributed by atoms with Crippen molar-refractivity contribution < 1.29 is 18.7 Å². The van der Waals surface area contributed by atoms with Gasteiger partial charge in [0.25, 0.3) is 0 Å². The number of carbonyl (C=O) groups excluding carboxylic acids is 1. The van der Waals surface area contributed by atoms with Gasteiger partial charge in [-0.15, -0.1) is 0 Å². The molecule has 0 saturated heterocycles. The van der Waals surface area contributed by atoms with Crippen LogP contribution in [0.5, 0.6) is 5.75 Å². The first kappa shape index (κ1) is 12.4. The van der Waals surface area contributed by atoms with Gasteiger partial charge in [-0.1, -0.05) is 17.7 Å². The van der Waals surface area contributed by atoms with Crippen molar-refractivity contribution in [3.05, 3.63) is 41.2 Å². The minimum Gasteiger partial charge on any atom is -0.496 e. The molecule has 0 aromatic heterocycles. The number of hydrogen-bond acceptors (Lipinski definition) is 3. The van der Waals surface area contributed by atoms with E-state index >= 15 is 0 Å². The number of fused-ring (bicyclic) bond motifs is 1. The molecule has 0 unspecified atom stereocenters. The van der Waals surface area contributed by atoms with Gasteiger partial charge in [0.2, 0.25) is 0 Å². The van der Waals surface area contributed by atoms with Crippen molar-refractivity contribution in [1.82, 2.24) is 0 Å². The van der Waals surface area contributed by atoms with E-state index in [1.54, 1.807) is 18.2 Å². The number of carbonyl (C=O) groups is 1. The lowest BCUT2D eigenvalue weighted by Gasteiger charge is -2.11. The number of hydrogen-bond donors (Lipinski definition) is 0. The molecule has 0 atom stereocenters. The van der Waals surface area contributed by atoms with Crippen LogP contribution in [-0.4, -0.2) is 20.2 Å². The fourth-order valence-corrected chi connectivity index (χ4v) is 1.90. The molecule has 0 spiro atoms. The molecular weight excluding hydrogens is 235 g/mol. The van der Waals surface area contributed by atoms with E-state index in [4.69, 9.17) is 4.74 Å². The molecule has 0 N–H and O–H groups in total.